The van der Waals surface area contributed by atoms with E-state index in [2.05, 4.69) is 5.32 Å². The first-order chi connectivity index (χ1) is 16.7. The molecule has 0 aliphatic carbocycles. The zero-order chi connectivity index (χ0) is 23.1. The normalized spacial score (nSPS) is 13.9. The zero-order valence-corrected chi connectivity index (χ0v) is 19.3. The van der Waals surface area contributed by atoms with Crippen molar-refractivity contribution in [2.24, 2.45) is 0 Å². The number of aromatic nitrogens is 3. The number of thioether (sulfide) groups is 1. The Hall–Kier alpha value is -3.78. The Bertz CT molecular complexity index is 1550. The van der Waals surface area contributed by atoms with E-state index in [1.165, 1.54) is 11.8 Å². The van der Waals surface area contributed by atoms with Crippen LogP contribution in [0.2, 0.25) is 0 Å². The van der Waals surface area contributed by atoms with Crippen LogP contribution in [0.4, 0.5) is 0 Å². The number of hydrogen-bond acceptors (Lipinski definition) is 6. The Morgan fingerprint density at radius 2 is 1.76 bits per heavy atom. The van der Waals surface area contributed by atoms with E-state index in [0.29, 0.717) is 19.0 Å². The highest BCUT2D eigenvalue weighted by molar-refractivity contribution is 7.99. The molecule has 1 aliphatic rings. The number of benzene rings is 3. The Labute approximate surface area is 200 Å². The van der Waals surface area contributed by atoms with Crippen LogP contribution in [-0.4, -0.2) is 39.2 Å². The molecule has 8 heteroatoms. The molecule has 6 rings (SSSR count). The summed E-state index contributed by atoms with van der Waals surface area (Å²) in [6.07, 6.45) is 0. The zero-order valence-electron chi connectivity index (χ0n) is 18.5. The molecule has 1 aliphatic heterocycles. The van der Waals surface area contributed by atoms with E-state index in [1.54, 1.807) is 0 Å². The monoisotopic (exact) mass is 470 g/mol. The van der Waals surface area contributed by atoms with Crippen molar-refractivity contribution in [2.45, 2.75) is 18.1 Å². The minimum Gasteiger partial charge on any atom is -0.486 e. The number of imidazole rings is 1. The van der Waals surface area contributed by atoms with E-state index >= 15 is 0 Å². The number of amides is 1. The second kappa shape index (κ2) is 8.53. The minimum absolute atomic E-state index is 0.0695. The molecule has 170 valence electrons. The lowest BCUT2D eigenvalue weighted by Gasteiger charge is -2.21. The van der Waals surface area contributed by atoms with Gasteiger partial charge in [-0.25, -0.2) is 9.97 Å². The van der Waals surface area contributed by atoms with Gasteiger partial charge in [-0.2, -0.15) is 0 Å². The summed E-state index contributed by atoms with van der Waals surface area (Å²) in [6, 6.07) is 21.6. The number of rotatable bonds is 5. The number of nitrogens with one attached hydrogen (secondary N) is 1. The highest BCUT2D eigenvalue weighted by atomic mass is 32.2. The van der Waals surface area contributed by atoms with Gasteiger partial charge in [-0.15, -0.1) is 0 Å². The minimum atomic E-state index is -0.164. The Kier molecular flexibility index (Phi) is 5.22. The van der Waals surface area contributed by atoms with E-state index in [9.17, 15) is 4.79 Å². The van der Waals surface area contributed by atoms with E-state index in [4.69, 9.17) is 19.4 Å². The van der Waals surface area contributed by atoms with Crippen LogP contribution in [0.1, 0.15) is 18.5 Å². The molecule has 0 saturated heterocycles. The quantitative estimate of drug-likeness (QED) is 0.294. The Morgan fingerprint density at radius 3 is 2.65 bits per heavy atom. The lowest BCUT2D eigenvalue weighted by atomic mass is 10.1. The van der Waals surface area contributed by atoms with Gasteiger partial charge in [0.2, 0.25) is 5.91 Å². The predicted octanol–water partition coefficient (Wildman–Crippen LogP) is 4.78. The third-order valence-electron chi connectivity index (χ3n) is 5.89. The summed E-state index contributed by atoms with van der Waals surface area (Å²) < 4.78 is 13.3. The van der Waals surface area contributed by atoms with Gasteiger partial charge >= 0.3 is 0 Å². The number of carbonyl (C=O) groups is 1. The van der Waals surface area contributed by atoms with Crippen LogP contribution in [0.3, 0.4) is 0 Å². The van der Waals surface area contributed by atoms with Crippen molar-refractivity contribution >= 4 is 45.3 Å². The molecule has 0 fully saturated rings. The van der Waals surface area contributed by atoms with Gasteiger partial charge in [0.25, 0.3) is 0 Å². The first kappa shape index (κ1) is 20.8. The van der Waals surface area contributed by atoms with Crippen molar-refractivity contribution in [2.75, 3.05) is 19.0 Å². The molecular formula is C26H22N4O3S. The van der Waals surface area contributed by atoms with Crippen LogP contribution in [-0.2, 0) is 4.79 Å². The highest BCUT2D eigenvalue weighted by Crippen LogP contribution is 2.33. The molecule has 2 aromatic heterocycles. The number of ether oxygens (including phenoxy) is 2. The summed E-state index contributed by atoms with van der Waals surface area (Å²) in [5.74, 6) is 1.62. The number of carbonyl (C=O) groups excluding carboxylic acids is 1. The van der Waals surface area contributed by atoms with Gasteiger partial charge < -0.3 is 14.8 Å². The van der Waals surface area contributed by atoms with Crippen LogP contribution in [0.15, 0.2) is 71.9 Å². The first-order valence-corrected chi connectivity index (χ1v) is 12.1. The van der Waals surface area contributed by atoms with Crippen molar-refractivity contribution in [3.05, 3.63) is 72.3 Å². The number of nitrogens with zero attached hydrogens (tertiary/aromatic N) is 3. The highest BCUT2D eigenvalue weighted by Gasteiger charge is 2.18. The van der Waals surface area contributed by atoms with Crippen molar-refractivity contribution < 1.29 is 14.3 Å². The standard InChI is InChI=1S/C26H22N4O3S/c1-16(17-10-11-22-23(14-17)33-13-12-32-22)27-24(31)15-34-26-29-19-7-3-2-6-18(19)25-28-20-8-4-5-9-21(20)30(25)26/h2-11,14,16H,12-13,15H2,1H3,(H,27,31)/t16-/m0/s1. The molecule has 7 nitrogen and oxygen atoms in total. The van der Waals surface area contributed by atoms with E-state index in [-0.39, 0.29) is 17.7 Å². The Balaban J connectivity index is 1.25. The summed E-state index contributed by atoms with van der Waals surface area (Å²) in [4.78, 5) is 22.5. The van der Waals surface area contributed by atoms with Crippen LogP contribution in [0, 0.1) is 0 Å². The van der Waals surface area contributed by atoms with Crippen LogP contribution in [0.25, 0.3) is 27.6 Å². The van der Waals surface area contributed by atoms with Gasteiger partial charge in [-0.1, -0.05) is 42.1 Å². The maximum Gasteiger partial charge on any atom is 0.230 e. The van der Waals surface area contributed by atoms with Gasteiger partial charge in [0.15, 0.2) is 16.7 Å². The van der Waals surface area contributed by atoms with Crippen LogP contribution < -0.4 is 14.8 Å². The van der Waals surface area contributed by atoms with Gasteiger partial charge in [-0.05, 0) is 48.9 Å². The average molecular weight is 471 g/mol. The van der Waals surface area contributed by atoms with E-state index < -0.39 is 0 Å². The lowest BCUT2D eigenvalue weighted by molar-refractivity contribution is -0.119. The smallest absolute Gasteiger partial charge is 0.230 e. The second-order valence-corrected chi connectivity index (χ2v) is 9.09. The molecule has 5 aromatic rings. The van der Waals surface area contributed by atoms with Crippen molar-refractivity contribution in [1.82, 2.24) is 19.7 Å². The molecule has 1 N–H and O–H groups in total. The molecule has 3 heterocycles. The summed E-state index contributed by atoms with van der Waals surface area (Å²) in [6.45, 7) is 3.05. The maximum atomic E-state index is 12.8. The first-order valence-electron chi connectivity index (χ1n) is 11.1. The van der Waals surface area contributed by atoms with Gasteiger partial charge in [0, 0.05) is 5.39 Å². The topological polar surface area (TPSA) is 77.8 Å². The third kappa shape index (κ3) is 3.70. The number of hydrogen-bond donors (Lipinski definition) is 1. The fourth-order valence-electron chi connectivity index (χ4n) is 4.24. The predicted molar refractivity (Wildman–Crippen MR) is 133 cm³/mol. The molecule has 0 unspecified atom stereocenters. The van der Waals surface area contributed by atoms with Crippen molar-refractivity contribution in [3.8, 4) is 11.5 Å². The van der Waals surface area contributed by atoms with Gasteiger partial charge in [0.1, 0.15) is 18.9 Å². The summed E-state index contributed by atoms with van der Waals surface area (Å²) in [5.41, 5.74) is 4.55. The van der Waals surface area contributed by atoms with Gasteiger partial charge in [0.05, 0.1) is 28.3 Å². The van der Waals surface area contributed by atoms with Crippen LogP contribution >= 0.6 is 11.8 Å². The molecular weight excluding hydrogens is 448 g/mol. The molecule has 1 atom stereocenters. The van der Waals surface area contributed by atoms with Crippen LogP contribution in [0.5, 0.6) is 11.5 Å². The molecule has 0 bridgehead atoms. The molecule has 0 radical (unpaired) electrons. The maximum absolute atomic E-state index is 12.8. The summed E-state index contributed by atoms with van der Waals surface area (Å²) in [5, 5.41) is 4.81. The van der Waals surface area contributed by atoms with Crippen molar-refractivity contribution in [3.63, 3.8) is 0 Å². The van der Waals surface area contributed by atoms with Gasteiger partial charge in [-0.3, -0.25) is 9.20 Å². The fraction of sp³-hybridized carbons (Fsp3) is 0.192. The second-order valence-electron chi connectivity index (χ2n) is 8.15. The number of fused-ring (bicyclic) bond motifs is 6. The lowest BCUT2D eigenvalue weighted by Crippen LogP contribution is -2.28. The Morgan fingerprint density at radius 1 is 1.00 bits per heavy atom. The van der Waals surface area contributed by atoms with Crippen molar-refractivity contribution in [1.29, 1.82) is 0 Å². The SMILES string of the molecule is C[C@H](NC(=O)CSc1nc2ccccc2c2nc3ccccc3n12)c1ccc2c(c1)OCCO2. The summed E-state index contributed by atoms with van der Waals surface area (Å²) >= 11 is 1.41. The third-order valence-corrected chi connectivity index (χ3v) is 6.83. The number of para-hydroxylation sites is 3. The largest absolute Gasteiger partial charge is 0.486 e. The van der Waals surface area contributed by atoms with E-state index in [1.807, 2.05) is 78.1 Å². The molecule has 1 amide bonds. The summed E-state index contributed by atoms with van der Waals surface area (Å²) in [7, 11) is 0. The molecule has 0 saturated carbocycles. The molecule has 3 aromatic carbocycles. The van der Waals surface area contributed by atoms with E-state index in [0.717, 1.165) is 44.1 Å². The average Bonchev–Trinajstić information content (AvgIpc) is 3.27. The fourth-order valence-corrected chi connectivity index (χ4v) is 5.06. The molecule has 34 heavy (non-hydrogen) atoms. The molecule has 0 spiro atoms.